The van der Waals surface area contributed by atoms with E-state index in [-0.39, 0.29) is 29.3 Å². The lowest BCUT2D eigenvalue weighted by molar-refractivity contribution is -0.0502. The van der Waals surface area contributed by atoms with E-state index in [1.54, 1.807) is 40.5 Å². The first-order valence-corrected chi connectivity index (χ1v) is 11.6. The van der Waals surface area contributed by atoms with Gasteiger partial charge in [-0.3, -0.25) is 9.20 Å². The van der Waals surface area contributed by atoms with Crippen molar-refractivity contribution < 1.29 is 27.8 Å². The topological polar surface area (TPSA) is 75.0 Å². The molecule has 0 N–H and O–H groups in total. The van der Waals surface area contributed by atoms with Gasteiger partial charge in [-0.1, -0.05) is 0 Å². The molecule has 1 saturated carbocycles. The van der Waals surface area contributed by atoms with Crippen molar-refractivity contribution in [3.05, 3.63) is 58.8 Å². The fourth-order valence-corrected chi connectivity index (χ4v) is 4.32. The van der Waals surface area contributed by atoms with Crippen LogP contribution in [-0.4, -0.2) is 33.9 Å². The fraction of sp³-hybridized carbons (Fsp3) is 0.292. The van der Waals surface area contributed by atoms with Crippen LogP contribution in [0.5, 0.6) is 17.2 Å². The predicted octanol–water partition coefficient (Wildman–Crippen LogP) is 5.63. The zero-order valence-corrected chi connectivity index (χ0v) is 19.1. The van der Waals surface area contributed by atoms with Crippen LogP contribution in [0.3, 0.4) is 0 Å². The highest BCUT2D eigenvalue weighted by molar-refractivity contribution is 7.07. The number of carbonyl (C=O) groups excluding carboxylic acids is 1. The summed E-state index contributed by atoms with van der Waals surface area (Å²) in [6.45, 7) is -2.73. The van der Waals surface area contributed by atoms with E-state index in [9.17, 15) is 13.6 Å². The van der Waals surface area contributed by atoms with Crippen LogP contribution >= 0.6 is 11.3 Å². The van der Waals surface area contributed by atoms with E-state index in [2.05, 4.69) is 9.97 Å². The Morgan fingerprint density at radius 3 is 2.76 bits per heavy atom. The maximum atomic E-state index is 13.2. The number of halogens is 2. The van der Waals surface area contributed by atoms with Crippen molar-refractivity contribution in [3.8, 4) is 28.5 Å². The monoisotopic (exact) mass is 485 g/mol. The van der Waals surface area contributed by atoms with E-state index in [4.69, 9.17) is 14.2 Å². The van der Waals surface area contributed by atoms with Crippen LogP contribution in [0.2, 0.25) is 0 Å². The van der Waals surface area contributed by atoms with Gasteiger partial charge in [0.25, 0.3) is 0 Å². The number of ketones is 1. The summed E-state index contributed by atoms with van der Waals surface area (Å²) in [6, 6.07) is 6.64. The van der Waals surface area contributed by atoms with Gasteiger partial charge in [0.1, 0.15) is 35.1 Å². The number of Topliss-reactive ketones (excluding diaryl/α,β-unsaturated/α-hetero) is 1. The molecular formula is C24H21F2N3O4S. The minimum Gasteiger partial charge on any atom is -0.496 e. The average Bonchev–Trinajstić information content (AvgIpc) is 3.30. The molecule has 1 aromatic carbocycles. The van der Waals surface area contributed by atoms with Crippen LogP contribution < -0.4 is 14.2 Å². The Kier molecular flexibility index (Phi) is 6.14. The van der Waals surface area contributed by atoms with E-state index in [0.29, 0.717) is 35.2 Å². The molecule has 0 radical (unpaired) electrons. The van der Waals surface area contributed by atoms with Crippen LogP contribution in [0.15, 0.2) is 47.5 Å². The molecule has 176 valence electrons. The first kappa shape index (κ1) is 22.3. The van der Waals surface area contributed by atoms with E-state index in [1.807, 2.05) is 5.38 Å². The highest BCUT2D eigenvalue weighted by Crippen LogP contribution is 2.40. The predicted molar refractivity (Wildman–Crippen MR) is 122 cm³/mol. The maximum absolute atomic E-state index is 13.2. The second-order valence-electron chi connectivity index (χ2n) is 8.00. The summed E-state index contributed by atoms with van der Waals surface area (Å²) in [4.78, 5) is 21.4. The Morgan fingerprint density at radius 1 is 1.24 bits per heavy atom. The SMILES string of the molecule is COc1cc(-c2cnc3cc(OCc4cscn4)ccn23)cc(OC(F)F)c1C(=O)CC1CC1. The largest absolute Gasteiger partial charge is 0.496 e. The number of hydrogen-bond donors (Lipinski definition) is 0. The molecule has 0 saturated heterocycles. The van der Waals surface area contributed by atoms with Gasteiger partial charge < -0.3 is 14.2 Å². The lowest BCUT2D eigenvalue weighted by Crippen LogP contribution is -2.11. The first-order chi connectivity index (χ1) is 16.5. The standard InChI is InChI=1S/C24H21F2N3O4S/c1-31-20-7-15(8-21(33-24(25)26)23(20)19(30)6-14-2-3-14)18-10-27-22-9-17(4-5-29(18)22)32-11-16-12-34-13-28-16/h4-5,7-10,12-14,24H,2-3,6,11H2,1H3. The van der Waals surface area contributed by atoms with Crippen LogP contribution in [0.4, 0.5) is 8.78 Å². The van der Waals surface area contributed by atoms with E-state index in [0.717, 1.165) is 18.5 Å². The van der Waals surface area contributed by atoms with E-state index < -0.39 is 6.61 Å². The van der Waals surface area contributed by atoms with Crippen molar-refractivity contribution in [1.29, 1.82) is 0 Å². The second kappa shape index (κ2) is 9.38. The van der Waals surface area contributed by atoms with Gasteiger partial charge in [-0.2, -0.15) is 8.78 Å². The summed E-state index contributed by atoms with van der Waals surface area (Å²) in [5.41, 5.74) is 4.39. The molecule has 7 nitrogen and oxygen atoms in total. The third-order valence-corrected chi connectivity index (χ3v) is 6.24. The number of thiazole rings is 1. The molecule has 5 rings (SSSR count). The number of methoxy groups -OCH3 is 1. The summed E-state index contributed by atoms with van der Waals surface area (Å²) >= 11 is 1.50. The van der Waals surface area contributed by atoms with Crippen molar-refractivity contribution in [2.75, 3.05) is 7.11 Å². The molecule has 1 aliphatic carbocycles. The van der Waals surface area contributed by atoms with Crippen LogP contribution in [0.25, 0.3) is 16.9 Å². The Balaban J connectivity index is 1.49. The first-order valence-electron chi connectivity index (χ1n) is 10.7. The van der Waals surface area contributed by atoms with Gasteiger partial charge in [-0.15, -0.1) is 11.3 Å². The average molecular weight is 486 g/mol. The number of benzene rings is 1. The minimum absolute atomic E-state index is 0.0463. The maximum Gasteiger partial charge on any atom is 0.387 e. The normalized spacial score (nSPS) is 13.4. The molecular weight excluding hydrogens is 464 g/mol. The van der Waals surface area contributed by atoms with Crippen molar-refractivity contribution in [2.24, 2.45) is 5.92 Å². The van der Waals surface area contributed by atoms with Gasteiger partial charge in [0.05, 0.1) is 30.2 Å². The third-order valence-electron chi connectivity index (χ3n) is 5.60. The van der Waals surface area contributed by atoms with Crippen LogP contribution in [0.1, 0.15) is 35.3 Å². The van der Waals surface area contributed by atoms with Gasteiger partial charge in [0, 0.05) is 29.6 Å². The Labute approximate surface area is 197 Å². The lowest BCUT2D eigenvalue weighted by atomic mass is 10.00. The second-order valence-corrected chi connectivity index (χ2v) is 8.72. The van der Waals surface area contributed by atoms with Gasteiger partial charge in [0.2, 0.25) is 0 Å². The number of hydrogen-bond acceptors (Lipinski definition) is 7. The summed E-state index contributed by atoms with van der Waals surface area (Å²) in [6.07, 6.45) is 5.62. The molecule has 0 atom stereocenters. The van der Waals surface area contributed by atoms with Gasteiger partial charge >= 0.3 is 6.61 Å². The smallest absolute Gasteiger partial charge is 0.387 e. The van der Waals surface area contributed by atoms with Gasteiger partial charge in [-0.05, 0) is 37.0 Å². The molecule has 0 amide bonds. The molecule has 3 heterocycles. The third kappa shape index (κ3) is 4.72. The van der Waals surface area contributed by atoms with Crippen molar-refractivity contribution in [1.82, 2.24) is 14.4 Å². The number of nitrogens with zero attached hydrogens (tertiary/aromatic N) is 3. The number of fused-ring (bicyclic) bond motifs is 1. The molecule has 3 aromatic heterocycles. The molecule has 0 spiro atoms. The Bertz CT molecular complexity index is 1320. The molecule has 0 aliphatic heterocycles. The summed E-state index contributed by atoms with van der Waals surface area (Å²) in [5.74, 6) is 0.645. The van der Waals surface area contributed by atoms with Crippen molar-refractivity contribution in [3.63, 3.8) is 0 Å². The number of alkyl halides is 2. The van der Waals surface area contributed by atoms with Crippen LogP contribution in [0, 0.1) is 5.92 Å². The highest BCUT2D eigenvalue weighted by atomic mass is 32.1. The molecule has 4 aromatic rings. The van der Waals surface area contributed by atoms with Crippen molar-refractivity contribution >= 4 is 22.8 Å². The van der Waals surface area contributed by atoms with Crippen molar-refractivity contribution in [2.45, 2.75) is 32.5 Å². The number of aromatic nitrogens is 3. The molecule has 1 fully saturated rings. The molecule has 0 bridgehead atoms. The number of ether oxygens (including phenoxy) is 3. The molecule has 0 unspecified atom stereocenters. The minimum atomic E-state index is -3.08. The molecule has 10 heteroatoms. The lowest BCUT2D eigenvalue weighted by Gasteiger charge is -2.16. The molecule has 1 aliphatic rings. The van der Waals surface area contributed by atoms with E-state index in [1.165, 1.54) is 24.5 Å². The number of pyridine rings is 1. The summed E-state index contributed by atoms with van der Waals surface area (Å²) < 4.78 is 44.2. The quantitative estimate of drug-likeness (QED) is 0.271. The number of carbonyl (C=O) groups is 1. The Morgan fingerprint density at radius 2 is 2.06 bits per heavy atom. The zero-order valence-electron chi connectivity index (χ0n) is 18.2. The van der Waals surface area contributed by atoms with Gasteiger partial charge in [0.15, 0.2) is 5.78 Å². The van der Waals surface area contributed by atoms with Gasteiger partial charge in [-0.25, -0.2) is 9.97 Å². The highest BCUT2D eigenvalue weighted by Gasteiger charge is 2.29. The fourth-order valence-electron chi connectivity index (χ4n) is 3.78. The van der Waals surface area contributed by atoms with E-state index >= 15 is 0 Å². The summed E-state index contributed by atoms with van der Waals surface area (Å²) in [5, 5.41) is 1.91. The van der Waals surface area contributed by atoms with Crippen LogP contribution in [-0.2, 0) is 6.61 Å². The number of rotatable bonds is 10. The Hall–Kier alpha value is -3.53. The molecule has 34 heavy (non-hydrogen) atoms. The zero-order chi connectivity index (χ0) is 23.7. The summed E-state index contributed by atoms with van der Waals surface area (Å²) in [7, 11) is 1.40. The number of imidazole rings is 1.